The number of aryl methyl sites for hydroxylation is 1. The number of likely N-dealkylation sites (tertiary alicyclic amines) is 1. The average Bonchev–Trinajstić information content (AvgIpc) is 3.02. The van der Waals surface area contributed by atoms with Crippen LogP contribution >= 0.6 is 0 Å². The summed E-state index contributed by atoms with van der Waals surface area (Å²) < 4.78 is 1.87. The molecule has 1 atom stereocenters. The zero-order chi connectivity index (χ0) is 16.5. The Morgan fingerprint density at radius 3 is 2.92 bits per heavy atom. The quantitative estimate of drug-likeness (QED) is 0.728. The van der Waals surface area contributed by atoms with Crippen LogP contribution < -0.4 is 0 Å². The van der Waals surface area contributed by atoms with Gasteiger partial charge in [-0.05, 0) is 44.4 Å². The number of carbonyl (C=O) groups excluding carboxylic acids is 1. The van der Waals surface area contributed by atoms with Gasteiger partial charge in [0, 0.05) is 25.0 Å². The highest BCUT2D eigenvalue weighted by molar-refractivity contribution is 5.92. The molecule has 0 bridgehead atoms. The van der Waals surface area contributed by atoms with Gasteiger partial charge in [0.05, 0.1) is 17.4 Å². The fourth-order valence-electron chi connectivity index (χ4n) is 3.40. The zero-order valence-electron chi connectivity index (χ0n) is 13.6. The third-order valence-corrected chi connectivity index (χ3v) is 4.50. The van der Waals surface area contributed by atoms with E-state index in [0.717, 1.165) is 42.8 Å². The van der Waals surface area contributed by atoms with Crippen LogP contribution in [0.4, 0.5) is 0 Å². The normalized spacial score (nSPS) is 18.0. The molecule has 0 N–H and O–H groups in total. The summed E-state index contributed by atoms with van der Waals surface area (Å²) in [6.07, 6.45) is 6.50. The van der Waals surface area contributed by atoms with Crippen molar-refractivity contribution in [1.29, 1.82) is 0 Å². The molecule has 3 aromatic rings. The van der Waals surface area contributed by atoms with Crippen LogP contribution in [-0.2, 0) is 0 Å². The Morgan fingerprint density at radius 1 is 1.17 bits per heavy atom. The fourth-order valence-corrected chi connectivity index (χ4v) is 3.40. The Labute approximate surface area is 140 Å². The number of hydrogen-bond acceptors (Lipinski definition) is 4. The average molecular weight is 321 g/mol. The number of nitrogens with zero attached hydrogens (tertiary/aromatic N) is 5. The lowest BCUT2D eigenvalue weighted by molar-refractivity contribution is 0.0597. The highest BCUT2D eigenvalue weighted by atomic mass is 16.2. The maximum Gasteiger partial charge on any atom is 0.273 e. The summed E-state index contributed by atoms with van der Waals surface area (Å²) in [4.78, 5) is 23.5. The lowest BCUT2D eigenvalue weighted by Gasteiger charge is -2.35. The molecule has 1 fully saturated rings. The first-order valence-electron chi connectivity index (χ1n) is 8.27. The van der Waals surface area contributed by atoms with Crippen molar-refractivity contribution in [3.8, 4) is 0 Å². The van der Waals surface area contributed by atoms with Crippen LogP contribution in [0.15, 0.2) is 42.7 Å². The van der Waals surface area contributed by atoms with E-state index in [2.05, 4.69) is 15.1 Å². The Balaban J connectivity index is 1.75. The Hall–Kier alpha value is -2.76. The van der Waals surface area contributed by atoms with Gasteiger partial charge in [0.25, 0.3) is 5.91 Å². The second kappa shape index (κ2) is 6.03. The molecule has 1 saturated heterocycles. The number of amides is 1. The SMILES string of the molecule is Cc1cc2nccc([C@H]3CCCCN3C(=O)c3ccccn3)n2n1. The molecule has 1 amide bonds. The highest BCUT2D eigenvalue weighted by Crippen LogP contribution is 2.31. The Morgan fingerprint density at radius 2 is 2.08 bits per heavy atom. The molecule has 4 rings (SSSR count). The van der Waals surface area contributed by atoms with E-state index in [0.29, 0.717) is 5.69 Å². The van der Waals surface area contributed by atoms with Gasteiger partial charge in [-0.15, -0.1) is 0 Å². The largest absolute Gasteiger partial charge is 0.329 e. The van der Waals surface area contributed by atoms with Crippen LogP contribution in [0.2, 0.25) is 0 Å². The minimum atomic E-state index is -0.0193. The molecule has 24 heavy (non-hydrogen) atoms. The summed E-state index contributed by atoms with van der Waals surface area (Å²) in [5.74, 6) is -0.0193. The number of pyridine rings is 1. The molecule has 1 aliphatic heterocycles. The van der Waals surface area contributed by atoms with Gasteiger partial charge in [0.15, 0.2) is 5.65 Å². The summed E-state index contributed by atoms with van der Waals surface area (Å²) in [7, 11) is 0. The molecule has 3 aromatic heterocycles. The monoisotopic (exact) mass is 321 g/mol. The van der Waals surface area contributed by atoms with Gasteiger partial charge < -0.3 is 4.90 Å². The van der Waals surface area contributed by atoms with Crippen molar-refractivity contribution in [2.75, 3.05) is 6.54 Å². The molecule has 6 heteroatoms. The maximum atomic E-state index is 12.9. The summed E-state index contributed by atoms with van der Waals surface area (Å²) in [5.41, 5.74) is 3.25. The molecule has 0 aromatic carbocycles. The smallest absolute Gasteiger partial charge is 0.273 e. The van der Waals surface area contributed by atoms with Crippen LogP contribution in [0.1, 0.15) is 47.2 Å². The van der Waals surface area contributed by atoms with Crippen molar-refractivity contribution in [3.05, 3.63) is 59.8 Å². The van der Waals surface area contributed by atoms with E-state index in [1.807, 2.05) is 40.6 Å². The molecule has 1 aliphatic rings. The Bertz CT molecular complexity index is 874. The lowest BCUT2D eigenvalue weighted by Crippen LogP contribution is -2.39. The number of piperidine rings is 1. The lowest BCUT2D eigenvalue weighted by atomic mass is 9.98. The molecule has 0 saturated carbocycles. The molecular weight excluding hydrogens is 302 g/mol. The standard InChI is InChI=1S/C18H19N5O/c1-13-12-17-20-10-8-16(23(17)21-13)15-7-3-5-11-22(15)18(24)14-6-2-4-9-19-14/h2,4,6,8-10,12,15H,3,5,7,11H2,1H3/t15-/m1/s1. The predicted molar refractivity (Wildman–Crippen MR) is 89.6 cm³/mol. The molecule has 4 heterocycles. The van der Waals surface area contributed by atoms with Crippen LogP contribution in [0.5, 0.6) is 0 Å². The van der Waals surface area contributed by atoms with Crippen LogP contribution in [0.3, 0.4) is 0 Å². The van der Waals surface area contributed by atoms with E-state index < -0.39 is 0 Å². The van der Waals surface area contributed by atoms with E-state index in [-0.39, 0.29) is 11.9 Å². The number of hydrogen-bond donors (Lipinski definition) is 0. The van der Waals surface area contributed by atoms with Crippen LogP contribution in [-0.4, -0.2) is 36.9 Å². The molecule has 0 spiro atoms. The van der Waals surface area contributed by atoms with Crippen molar-refractivity contribution in [2.24, 2.45) is 0 Å². The van der Waals surface area contributed by atoms with E-state index >= 15 is 0 Å². The maximum absolute atomic E-state index is 12.9. The number of aromatic nitrogens is 4. The third kappa shape index (κ3) is 2.54. The minimum absolute atomic E-state index is 0.00180. The Kier molecular flexibility index (Phi) is 3.72. The first-order chi connectivity index (χ1) is 11.7. The van der Waals surface area contributed by atoms with Crippen LogP contribution in [0.25, 0.3) is 5.65 Å². The van der Waals surface area contributed by atoms with Gasteiger partial charge in [-0.3, -0.25) is 9.78 Å². The minimum Gasteiger partial charge on any atom is -0.329 e. The van der Waals surface area contributed by atoms with Crippen molar-refractivity contribution in [3.63, 3.8) is 0 Å². The highest BCUT2D eigenvalue weighted by Gasteiger charge is 2.31. The van der Waals surface area contributed by atoms with Crippen molar-refractivity contribution in [1.82, 2.24) is 24.5 Å². The van der Waals surface area contributed by atoms with Gasteiger partial charge in [-0.25, -0.2) is 9.50 Å². The number of fused-ring (bicyclic) bond motifs is 1. The summed E-state index contributed by atoms with van der Waals surface area (Å²) in [6.45, 7) is 2.69. The van der Waals surface area contributed by atoms with E-state index in [1.54, 1.807) is 18.5 Å². The summed E-state index contributed by atoms with van der Waals surface area (Å²) >= 11 is 0. The molecule has 0 radical (unpaired) electrons. The first-order valence-corrected chi connectivity index (χ1v) is 8.27. The van der Waals surface area contributed by atoms with Crippen molar-refractivity contribution >= 4 is 11.6 Å². The van der Waals surface area contributed by atoms with E-state index in [9.17, 15) is 4.79 Å². The summed E-state index contributed by atoms with van der Waals surface area (Å²) in [6, 6.07) is 9.36. The van der Waals surface area contributed by atoms with Crippen molar-refractivity contribution in [2.45, 2.75) is 32.2 Å². The third-order valence-electron chi connectivity index (χ3n) is 4.50. The topological polar surface area (TPSA) is 63.4 Å². The van der Waals surface area contributed by atoms with E-state index in [1.165, 1.54) is 0 Å². The number of rotatable bonds is 2. The molecule has 6 nitrogen and oxygen atoms in total. The first kappa shape index (κ1) is 14.8. The van der Waals surface area contributed by atoms with Crippen molar-refractivity contribution < 1.29 is 4.79 Å². The second-order valence-corrected chi connectivity index (χ2v) is 6.15. The van der Waals surface area contributed by atoms with Gasteiger partial charge in [-0.1, -0.05) is 6.07 Å². The number of carbonyl (C=O) groups is 1. The fraction of sp³-hybridized carbons (Fsp3) is 0.333. The van der Waals surface area contributed by atoms with Gasteiger partial charge in [-0.2, -0.15) is 5.10 Å². The predicted octanol–water partition coefficient (Wildman–Crippen LogP) is 2.80. The second-order valence-electron chi connectivity index (χ2n) is 6.15. The van der Waals surface area contributed by atoms with Gasteiger partial charge in [0.1, 0.15) is 5.69 Å². The molecular formula is C18H19N5O. The molecule has 0 unspecified atom stereocenters. The van der Waals surface area contributed by atoms with E-state index in [4.69, 9.17) is 0 Å². The zero-order valence-corrected chi connectivity index (χ0v) is 13.6. The van der Waals surface area contributed by atoms with Gasteiger partial charge >= 0.3 is 0 Å². The van der Waals surface area contributed by atoms with Gasteiger partial charge in [0.2, 0.25) is 0 Å². The molecule has 0 aliphatic carbocycles. The molecule has 122 valence electrons. The van der Waals surface area contributed by atoms with Crippen LogP contribution in [0, 0.1) is 6.92 Å². The summed E-state index contributed by atoms with van der Waals surface area (Å²) in [5, 5.41) is 4.56.